The van der Waals surface area contributed by atoms with Crippen molar-refractivity contribution < 1.29 is 4.79 Å². The van der Waals surface area contributed by atoms with Gasteiger partial charge in [-0.25, -0.2) is 0 Å². The third-order valence-corrected chi connectivity index (χ3v) is 9.34. The molecule has 3 aromatic rings. The molecule has 2 bridgehead atoms. The Balaban J connectivity index is 1.10. The molecular weight excluding hydrogens is 440 g/mol. The average Bonchev–Trinajstić information content (AvgIpc) is 3.73. The molecule has 0 radical (unpaired) electrons. The molecule has 1 saturated carbocycles. The first-order valence-corrected chi connectivity index (χ1v) is 13.8. The molecule has 6 rings (SSSR count). The van der Waals surface area contributed by atoms with Gasteiger partial charge in [-0.15, -0.1) is 0 Å². The number of carbonyl (C=O) groups is 1. The lowest BCUT2D eigenvalue weighted by atomic mass is 9.59. The first-order chi connectivity index (χ1) is 17.5. The highest BCUT2D eigenvalue weighted by atomic mass is 16.1. The van der Waals surface area contributed by atoms with Gasteiger partial charge in [-0.3, -0.25) is 9.69 Å². The van der Waals surface area contributed by atoms with Gasteiger partial charge < -0.3 is 5.32 Å². The Morgan fingerprint density at radius 2 is 1.75 bits per heavy atom. The van der Waals surface area contributed by atoms with Crippen molar-refractivity contribution in [2.75, 3.05) is 19.6 Å². The number of hydrogen-bond donors (Lipinski definition) is 1. The van der Waals surface area contributed by atoms with E-state index in [0.717, 1.165) is 24.3 Å². The molecule has 0 spiro atoms. The minimum absolute atomic E-state index is 0.0447. The summed E-state index contributed by atoms with van der Waals surface area (Å²) in [5.41, 5.74) is 7.53. The number of piperidine rings is 1. The second kappa shape index (κ2) is 9.52. The quantitative estimate of drug-likeness (QED) is 0.435. The largest absolute Gasteiger partial charge is 0.352 e. The average molecular weight is 479 g/mol. The molecule has 0 aromatic heterocycles. The van der Waals surface area contributed by atoms with Crippen LogP contribution in [0.5, 0.6) is 0 Å². The Labute approximate surface area is 215 Å². The maximum Gasteiger partial charge on any atom is 0.251 e. The van der Waals surface area contributed by atoms with Gasteiger partial charge in [0.2, 0.25) is 0 Å². The van der Waals surface area contributed by atoms with Gasteiger partial charge in [0.05, 0.1) is 0 Å². The number of likely N-dealkylation sites (tertiary alicyclic amines) is 1. The summed E-state index contributed by atoms with van der Waals surface area (Å²) in [4.78, 5) is 15.9. The van der Waals surface area contributed by atoms with Crippen LogP contribution < -0.4 is 5.32 Å². The van der Waals surface area contributed by atoms with Gasteiger partial charge in [0.15, 0.2) is 0 Å². The maximum absolute atomic E-state index is 13.1. The van der Waals surface area contributed by atoms with E-state index in [2.05, 4.69) is 84.7 Å². The van der Waals surface area contributed by atoms with Gasteiger partial charge in [-0.05, 0) is 95.8 Å². The summed E-state index contributed by atoms with van der Waals surface area (Å²) >= 11 is 0. The topological polar surface area (TPSA) is 32.3 Å². The number of rotatable bonds is 7. The van der Waals surface area contributed by atoms with E-state index in [1.165, 1.54) is 60.2 Å². The lowest BCUT2D eigenvalue weighted by Crippen LogP contribution is -2.58. The summed E-state index contributed by atoms with van der Waals surface area (Å²) in [7, 11) is 0. The Hall–Kier alpha value is -2.91. The van der Waals surface area contributed by atoms with E-state index in [0.29, 0.717) is 18.5 Å². The molecule has 3 aromatic carbocycles. The highest BCUT2D eigenvalue weighted by Gasteiger charge is 2.49. The highest BCUT2D eigenvalue weighted by Crippen LogP contribution is 2.49. The molecule has 36 heavy (non-hydrogen) atoms. The fourth-order valence-electron chi connectivity index (χ4n) is 6.62. The number of hydrogen-bond acceptors (Lipinski definition) is 2. The van der Waals surface area contributed by atoms with Gasteiger partial charge in [-0.1, -0.05) is 74.5 Å². The normalized spacial score (nSPS) is 25.3. The molecule has 1 heterocycles. The number of fused-ring (bicyclic) bond motifs is 4. The van der Waals surface area contributed by atoms with E-state index < -0.39 is 0 Å². The van der Waals surface area contributed by atoms with E-state index >= 15 is 0 Å². The molecule has 1 N–H and O–H groups in total. The van der Waals surface area contributed by atoms with Crippen LogP contribution in [0.1, 0.15) is 60.2 Å². The number of nitrogens with one attached hydrogen (secondary N) is 1. The van der Waals surface area contributed by atoms with Gasteiger partial charge in [0.25, 0.3) is 5.91 Å². The number of amides is 1. The van der Waals surface area contributed by atoms with E-state index in [1.54, 1.807) is 0 Å². The molecule has 1 amide bonds. The molecule has 1 saturated heterocycles. The Kier molecular flexibility index (Phi) is 6.21. The molecule has 3 heteroatoms. The van der Waals surface area contributed by atoms with Crippen molar-refractivity contribution in [1.29, 1.82) is 0 Å². The zero-order valence-corrected chi connectivity index (χ0v) is 21.7. The zero-order chi connectivity index (χ0) is 24.7. The lowest BCUT2D eigenvalue weighted by Gasteiger charge is -2.55. The zero-order valence-electron chi connectivity index (χ0n) is 21.7. The molecular formula is C33H38N2O. The molecule has 3 atom stereocenters. The molecule has 1 aliphatic heterocycles. The predicted molar refractivity (Wildman–Crippen MR) is 147 cm³/mol. The second-order valence-corrected chi connectivity index (χ2v) is 11.6. The van der Waals surface area contributed by atoms with E-state index in [-0.39, 0.29) is 11.3 Å². The maximum atomic E-state index is 13.1. The third-order valence-electron chi connectivity index (χ3n) is 9.34. The second-order valence-electron chi connectivity index (χ2n) is 11.6. The van der Waals surface area contributed by atoms with Crippen LogP contribution in [0.15, 0.2) is 72.8 Å². The van der Waals surface area contributed by atoms with Crippen LogP contribution in [0.25, 0.3) is 11.1 Å². The van der Waals surface area contributed by atoms with Gasteiger partial charge in [0, 0.05) is 24.7 Å². The molecule has 3 nitrogen and oxygen atoms in total. The van der Waals surface area contributed by atoms with Crippen molar-refractivity contribution in [3.8, 4) is 11.1 Å². The van der Waals surface area contributed by atoms with Crippen molar-refractivity contribution in [2.45, 2.75) is 57.4 Å². The van der Waals surface area contributed by atoms with Crippen molar-refractivity contribution in [1.82, 2.24) is 10.2 Å². The van der Waals surface area contributed by atoms with E-state index in [1.807, 2.05) is 12.1 Å². The lowest BCUT2D eigenvalue weighted by molar-refractivity contribution is 0.0284. The molecule has 2 fully saturated rings. The highest BCUT2D eigenvalue weighted by molar-refractivity contribution is 5.94. The summed E-state index contributed by atoms with van der Waals surface area (Å²) in [5.74, 6) is 1.61. The van der Waals surface area contributed by atoms with Crippen LogP contribution in [-0.2, 0) is 18.3 Å². The van der Waals surface area contributed by atoms with Crippen LogP contribution in [0, 0.1) is 11.8 Å². The summed E-state index contributed by atoms with van der Waals surface area (Å²) < 4.78 is 0. The summed E-state index contributed by atoms with van der Waals surface area (Å²) in [6.45, 7) is 8.02. The first-order valence-electron chi connectivity index (χ1n) is 13.8. The molecule has 2 aliphatic carbocycles. The number of nitrogens with zero attached hydrogens (tertiary/aromatic N) is 1. The van der Waals surface area contributed by atoms with E-state index in [9.17, 15) is 4.79 Å². The van der Waals surface area contributed by atoms with Crippen LogP contribution in [0.2, 0.25) is 0 Å². The Morgan fingerprint density at radius 1 is 1.00 bits per heavy atom. The van der Waals surface area contributed by atoms with Crippen molar-refractivity contribution in [2.24, 2.45) is 11.8 Å². The van der Waals surface area contributed by atoms with Crippen molar-refractivity contribution in [3.63, 3.8) is 0 Å². The molecule has 1 unspecified atom stereocenters. The minimum Gasteiger partial charge on any atom is -0.352 e. The predicted octanol–water partition coefficient (Wildman–Crippen LogP) is 6.26. The Bertz CT molecular complexity index is 1230. The molecule has 186 valence electrons. The molecule has 3 aliphatic rings. The van der Waals surface area contributed by atoms with Gasteiger partial charge >= 0.3 is 0 Å². The number of carbonyl (C=O) groups excluding carboxylic acids is 1. The van der Waals surface area contributed by atoms with Crippen LogP contribution in [0.4, 0.5) is 0 Å². The van der Waals surface area contributed by atoms with Crippen LogP contribution in [0.3, 0.4) is 0 Å². The van der Waals surface area contributed by atoms with Crippen molar-refractivity contribution >= 4 is 5.91 Å². The minimum atomic E-state index is 0.0447. The Morgan fingerprint density at radius 3 is 2.50 bits per heavy atom. The van der Waals surface area contributed by atoms with Crippen molar-refractivity contribution in [3.05, 3.63) is 95.1 Å². The standard InChI is InChI=1S/C33H38N2O/c1-23-31-21-28-14-15-29(20-30(28)33(23,2)17-19-35(31)22-25-8-9-25)32(36)34-18-16-24-10-12-27(13-11-24)26-6-4-3-5-7-26/h3-7,10-15,20,23,25,31H,8-9,16-19,21-22H2,1-2H3,(H,34,36)/t23?,31-,33-/m0/s1. The first kappa shape index (κ1) is 23.5. The fraction of sp³-hybridized carbons (Fsp3) is 0.424. The fourth-order valence-corrected chi connectivity index (χ4v) is 6.62. The smallest absolute Gasteiger partial charge is 0.251 e. The van der Waals surface area contributed by atoms with E-state index in [4.69, 9.17) is 0 Å². The third kappa shape index (κ3) is 4.50. The van der Waals surface area contributed by atoms with Crippen LogP contribution in [-0.4, -0.2) is 36.5 Å². The van der Waals surface area contributed by atoms with Gasteiger partial charge in [0.1, 0.15) is 0 Å². The monoisotopic (exact) mass is 478 g/mol. The summed E-state index contributed by atoms with van der Waals surface area (Å²) in [5, 5.41) is 3.17. The SMILES string of the molecule is CC1[C@@H]2Cc3ccc(C(=O)NCCc4ccc(-c5ccccc5)cc4)cc3[C@@]1(C)CCN2CC1CC1. The summed E-state index contributed by atoms with van der Waals surface area (Å²) in [6.07, 6.45) is 5.99. The summed E-state index contributed by atoms with van der Waals surface area (Å²) in [6, 6.07) is 26.2. The van der Waals surface area contributed by atoms with Gasteiger partial charge in [-0.2, -0.15) is 0 Å². The number of benzene rings is 3. The van der Waals surface area contributed by atoms with Crippen LogP contribution >= 0.6 is 0 Å².